The molecule has 1 aromatic carbocycles. The summed E-state index contributed by atoms with van der Waals surface area (Å²) in [7, 11) is 4.67. The van der Waals surface area contributed by atoms with Crippen LogP contribution in [0.2, 0.25) is 0 Å². The molecule has 0 radical (unpaired) electrons. The monoisotopic (exact) mass is 426 g/mol. The Balaban J connectivity index is 2.23. The van der Waals surface area contributed by atoms with Crippen LogP contribution in [0.15, 0.2) is 16.6 Å². The summed E-state index contributed by atoms with van der Waals surface area (Å²) in [6.45, 7) is 5.15. The van der Waals surface area contributed by atoms with Gasteiger partial charge in [0.1, 0.15) is 5.54 Å². The van der Waals surface area contributed by atoms with Crippen molar-refractivity contribution in [1.82, 2.24) is 9.96 Å². The fourth-order valence-corrected chi connectivity index (χ4v) is 3.87. The Bertz CT molecular complexity index is 684. The minimum Gasteiger partial charge on any atom is -0.467 e. The van der Waals surface area contributed by atoms with Crippen LogP contribution in [0.25, 0.3) is 0 Å². The molecule has 0 bridgehead atoms. The lowest BCUT2D eigenvalue weighted by atomic mass is 9.86. The van der Waals surface area contributed by atoms with E-state index in [0.717, 1.165) is 21.2 Å². The van der Waals surface area contributed by atoms with Gasteiger partial charge < -0.3 is 14.5 Å². The minimum absolute atomic E-state index is 0.0971. The zero-order valence-corrected chi connectivity index (χ0v) is 17.7. The zero-order chi connectivity index (χ0) is 19.5. The lowest BCUT2D eigenvalue weighted by molar-refractivity contribution is -0.183. The number of carbonyl (C=O) groups is 2. The number of piperidine rings is 1. The molecule has 0 atom stereocenters. The van der Waals surface area contributed by atoms with Crippen LogP contribution in [0, 0.1) is 13.8 Å². The van der Waals surface area contributed by atoms with Crippen molar-refractivity contribution in [2.45, 2.75) is 38.6 Å². The fraction of sp³-hybridized carbons (Fsp3) is 0.579. The number of benzene rings is 1. The van der Waals surface area contributed by atoms with E-state index < -0.39 is 5.54 Å². The summed E-state index contributed by atoms with van der Waals surface area (Å²) in [5, 5.41) is 1.79. The van der Waals surface area contributed by atoms with Crippen LogP contribution < -0.4 is 0 Å². The summed E-state index contributed by atoms with van der Waals surface area (Å²) in [6.07, 6.45) is 1.20. The number of hydroxylamine groups is 2. The van der Waals surface area contributed by atoms with E-state index in [1.807, 2.05) is 19.9 Å². The van der Waals surface area contributed by atoms with E-state index >= 15 is 0 Å². The summed E-state index contributed by atoms with van der Waals surface area (Å²) in [4.78, 5) is 32.4. The van der Waals surface area contributed by atoms with Gasteiger partial charge in [0.25, 0.3) is 0 Å². The molecular formula is C19H27BrN2O4. The summed E-state index contributed by atoms with van der Waals surface area (Å²) in [5.74, 6) is -0.467. The van der Waals surface area contributed by atoms with E-state index in [4.69, 9.17) is 9.57 Å². The van der Waals surface area contributed by atoms with Gasteiger partial charge in [-0.2, -0.15) is 5.06 Å². The second kappa shape index (κ2) is 8.50. The van der Waals surface area contributed by atoms with Crippen LogP contribution in [0.5, 0.6) is 0 Å². The first-order chi connectivity index (χ1) is 12.2. The average molecular weight is 427 g/mol. The number of halogens is 1. The van der Waals surface area contributed by atoms with Gasteiger partial charge in [0.15, 0.2) is 0 Å². The summed E-state index contributed by atoms with van der Waals surface area (Å²) < 4.78 is 6.02. The molecule has 1 fully saturated rings. The number of nitrogens with zero attached hydrogens (tertiary/aromatic N) is 2. The third-order valence-corrected chi connectivity index (χ3v) is 6.20. The average Bonchev–Trinajstić information content (AvgIpc) is 2.64. The van der Waals surface area contributed by atoms with Crippen molar-refractivity contribution in [3.63, 3.8) is 0 Å². The number of esters is 1. The molecule has 1 aromatic rings. The largest absolute Gasteiger partial charge is 0.467 e. The second-order valence-corrected chi connectivity index (χ2v) is 7.65. The molecule has 0 unspecified atom stereocenters. The van der Waals surface area contributed by atoms with E-state index in [1.165, 1.54) is 7.11 Å². The number of aryl methyl sites for hydroxylation is 2. The Morgan fingerprint density at radius 1 is 1.19 bits per heavy atom. The first kappa shape index (κ1) is 20.9. The lowest BCUT2D eigenvalue weighted by Crippen LogP contribution is -2.61. The molecule has 1 amide bonds. The van der Waals surface area contributed by atoms with Crippen LogP contribution in [0.1, 0.15) is 29.5 Å². The number of hydrogen-bond acceptors (Lipinski definition) is 5. The van der Waals surface area contributed by atoms with Crippen molar-refractivity contribution in [2.75, 3.05) is 34.4 Å². The van der Waals surface area contributed by atoms with Crippen LogP contribution in [0.3, 0.4) is 0 Å². The number of methoxy groups -OCH3 is 1. The maximum Gasteiger partial charge on any atom is 0.331 e. The van der Waals surface area contributed by atoms with Gasteiger partial charge in [-0.25, -0.2) is 4.79 Å². The standard InChI is InChI=1S/C19H27BrN2O4/c1-13-10-14(2)16(20)11-15(13)12-17(23)21(3)19(18(24)25-4)6-8-22(26-5)9-7-19/h10-11H,6-9,12H2,1-5H3. The number of carbonyl (C=O) groups excluding carboxylic acids is 2. The highest BCUT2D eigenvalue weighted by atomic mass is 79.9. The number of amides is 1. The Kier molecular flexibility index (Phi) is 6.82. The van der Waals surface area contributed by atoms with Gasteiger partial charge in [0.2, 0.25) is 5.91 Å². The second-order valence-electron chi connectivity index (χ2n) is 6.79. The highest BCUT2D eigenvalue weighted by Crippen LogP contribution is 2.31. The van der Waals surface area contributed by atoms with Crippen molar-refractivity contribution in [2.24, 2.45) is 0 Å². The summed E-state index contributed by atoms with van der Waals surface area (Å²) in [5.41, 5.74) is 2.20. The van der Waals surface area contributed by atoms with Gasteiger partial charge >= 0.3 is 5.97 Å². The molecule has 1 saturated heterocycles. The smallest absolute Gasteiger partial charge is 0.331 e. The van der Waals surface area contributed by atoms with Crippen molar-refractivity contribution >= 4 is 27.8 Å². The van der Waals surface area contributed by atoms with Crippen LogP contribution >= 0.6 is 15.9 Å². The quantitative estimate of drug-likeness (QED) is 0.677. The van der Waals surface area contributed by atoms with E-state index in [0.29, 0.717) is 25.9 Å². The molecule has 1 heterocycles. The van der Waals surface area contributed by atoms with E-state index in [-0.39, 0.29) is 18.3 Å². The third-order valence-electron chi connectivity index (χ3n) is 5.35. The predicted octanol–water partition coefficient (Wildman–Crippen LogP) is 2.64. The van der Waals surface area contributed by atoms with Crippen molar-refractivity contribution in [1.29, 1.82) is 0 Å². The molecule has 0 N–H and O–H groups in total. The van der Waals surface area contributed by atoms with Crippen molar-refractivity contribution < 1.29 is 19.2 Å². The number of rotatable bonds is 5. The molecule has 1 aliphatic rings. The van der Waals surface area contributed by atoms with Gasteiger partial charge in [-0.15, -0.1) is 0 Å². The molecule has 144 valence electrons. The molecular weight excluding hydrogens is 400 g/mol. The molecule has 0 spiro atoms. The van der Waals surface area contributed by atoms with Gasteiger partial charge in [-0.3, -0.25) is 4.79 Å². The Morgan fingerprint density at radius 3 is 2.35 bits per heavy atom. The van der Waals surface area contributed by atoms with Crippen LogP contribution in [-0.4, -0.2) is 61.7 Å². The summed E-state index contributed by atoms with van der Waals surface area (Å²) in [6, 6.07) is 4.04. The highest BCUT2D eigenvalue weighted by molar-refractivity contribution is 9.10. The van der Waals surface area contributed by atoms with Crippen molar-refractivity contribution in [3.8, 4) is 0 Å². The molecule has 0 aromatic heterocycles. The maximum atomic E-state index is 13.0. The minimum atomic E-state index is -0.948. The van der Waals surface area contributed by atoms with Gasteiger partial charge in [-0.05, 0) is 49.4 Å². The highest BCUT2D eigenvalue weighted by Gasteiger charge is 2.47. The normalized spacial score (nSPS) is 17.0. The maximum absolute atomic E-state index is 13.0. The third kappa shape index (κ3) is 4.10. The molecule has 7 heteroatoms. The molecule has 2 rings (SSSR count). The van der Waals surface area contributed by atoms with Gasteiger partial charge in [0.05, 0.1) is 20.6 Å². The zero-order valence-electron chi connectivity index (χ0n) is 16.1. The van der Waals surface area contributed by atoms with E-state index in [9.17, 15) is 9.59 Å². The first-order valence-electron chi connectivity index (χ1n) is 8.65. The number of ether oxygens (including phenoxy) is 1. The summed E-state index contributed by atoms with van der Waals surface area (Å²) >= 11 is 3.52. The molecule has 0 saturated carbocycles. The predicted molar refractivity (Wildman–Crippen MR) is 103 cm³/mol. The molecule has 0 aliphatic carbocycles. The SMILES string of the molecule is COC(=O)C1(N(C)C(=O)Cc2cc(Br)c(C)cc2C)CCN(OC)CC1. The van der Waals surface area contributed by atoms with Gasteiger partial charge in [-0.1, -0.05) is 22.0 Å². The van der Waals surface area contributed by atoms with Crippen LogP contribution in [0.4, 0.5) is 0 Å². The molecule has 26 heavy (non-hydrogen) atoms. The lowest BCUT2D eigenvalue weighted by Gasteiger charge is -2.44. The number of hydrogen-bond donors (Lipinski definition) is 0. The Hall–Kier alpha value is -1.44. The van der Waals surface area contributed by atoms with E-state index in [1.54, 1.807) is 24.1 Å². The van der Waals surface area contributed by atoms with E-state index in [2.05, 4.69) is 22.0 Å². The van der Waals surface area contributed by atoms with Crippen molar-refractivity contribution in [3.05, 3.63) is 33.3 Å². The molecule has 6 nitrogen and oxygen atoms in total. The Labute approximate surface area is 163 Å². The van der Waals surface area contributed by atoms with Crippen LogP contribution in [-0.2, 0) is 25.6 Å². The number of likely N-dealkylation sites (N-methyl/N-ethyl adjacent to an activating group) is 1. The molecule has 1 aliphatic heterocycles. The fourth-order valence-electron chi connectivity index (χ4n) is 3.48. The Morgan fingerprint density at radius 2 is 1.81 bits per heavy atom. The van der Waals surface area contributed by atoms with Gasteiger partial charge in [0, 0.05) is 24.6 Å². The topological polar surface area (TPSA) is 59.1 Å². The first-order valence-corrected chi connectivity index (χ1v) is 9.44.